The molecule has 2 rings (SSSR count). The lowest BCUT2D eigenvalue weighted by atomic mass is 10.0. The minimum atomic E-state index is -4.75. The number of carbonyl (C=O) groups is 1. The molecule has 2 aromatic rings. The number of aromatic carboxylic acids is 1. The van der Waals surface area contributed by atoms with E-state index in [9.17, 15) is 18.0 Å². The van der Waals surface area contributed by atoms with Crippen LogP contribution in [0.3, 0.4) is 0 Å². The highest BCUT2D eigenvalue weighted by atomic mass is 19.4. The molecule has 0 radical (unpaired) electrons. The van der Waals surface area contributed by atoms with E-state index in [0.29, 0.717) is 5.56 Å². The molecule has 0 fully saturated rings. The number of carboxylic acid groups (broad SMARTS) is 1. The van der Waals surface area contributed by atoms with Crippen molar-refractivity contribution in [2.45, 2.75) is 20.0 Å². The van der Waals surface area contributed by atoms with Crippen LogP contribution in [0.5, 0.6) is 0 Å². The van der Waals surface area contributed by atoms with Gasteiger partial charge in [0.1, 0.15) is 0 Å². The van der Waals surface area contributed by atoms with Crippen molar-refractivity contribution in [3.63, 3.8) is 0 Å². The first kappa shape index (κ1) is 15.0. The first-order chi connectivity index (χ1) is 9.70. The van der Waals surface area contributed by atoms with Crippen molar-refractivity contribution in [2.75, 3.05) is 0 Å². The van der Waals surface area contributed by atoms with Gasteiger partial charge in [0.05, 0.1) is 22.5 Å². The molecule has 0 amide bonds. The summed E-state index contributed by atoms with van der Waals surface area (Å²) in [5.41, 5.74) is -0.575. The lowest BCUT2D eigenvalue weighted by molar-refractivity contribution is -0.138. The van der Waals surface area contributed by atoms with Gasteiger partial charge in [0, 0.05) is 5.56 Å². The van der Waals surface area contributed by atoms with Crippen molar-refractivity contribution in [3.8, 4) is 11.3 Å². The standard InChI is InChI=1S/C15H12F3NO2/c1-8-3-5-10(6-4-8)12-7-11(15(16,17)18)13(14(20)21)9(2)19-12/h3-7H,1-2H3,(H,20,21). The van der Waals surface area contributed by atoms with E-state index >= 15 is 0 Å². The molecule has 0 aliphatic rings. The average Bonchev–Trinajstić information content (AvgIpc) is 2.37. The number of rotatable bonds is 2. The fourth-order valence-corrected chi connectivity index (χ4v) is 2.04. The van der Waals surface area contributed by atoms with Crippen LogP contribution < -0.4 is 0 Å². The van der Waals surface area contributed by atoms with Crippen molar-refractivity contribution >= 4 is 5.97 Å². The summed E-state index contributed by atoms with van der Waals surface area (Å²) in [6, 6.07) is 7.59. The van der Waals surface area contributed by atoms with E-state index in [1.807, 2.05) is 6.92 Å². The molecule has 6 heteroatoms. The van der Waals surface area contributed by atoms with Crippen LogP contribution in [0.25, 0.3) is 11.3 Å². The summed E-state index contributed by atoms with van der Waals surface area (Å²) in [6.45, 7) is 3.12. The van der Waals surface area contributed by atoms with E-state index in [0.717, 1.165) is 11.6 Å². The molecule has 1 aromatic heterocycles. The van der Waals surface area contributed by atoms with Crippen molar-refractivity contribution in [1.82, 2.24) is 4.98 Å². The summed E-state index contributed by atoms with van der Waals surface area (Å²) in [4.78, 5) is 15.0. The molecule has 0 bridgehead atoms. The monoisotopic (exact) mass is 295 g/mol. The third kappa shape index (κ3) is 3.04. The Bertz CT molecular complexity index is 691. The summed E-state index contributed by atoms with van der Waals surface area (Å²) in [5, 5.41) is 8.97. The first-order valence-corrected chi connectivity index (χ1v) is 6.09. The molecule has 0 unspecified atom stereocenters. The van der Waals surface area contributed by atoms with E-state index in [4.69, 9.17) is 5.11 Å². The Morgan fingerprint density at radius 3 is 2.19 bits per heavy atom. The maximum atomic E-state index is 13.1. The number of pyridine rings is 1. The Balaban J connectivity index is 2.68. The molecule has 110 valence electrons. The van der Waals surface area contributed by atoms with Crippen LogP contribution in [0.2, 0.25) is 0 Å². The molecule has 0 atom stereocenters. The van der Waals surface area contributed by atoms with Gasteiger partial charge in [-0.1, -0.05) is 29.8 Å². The second-order valence-electron chi connectivity index (χ2n) is 4.68. The lowest BCUT2D eigenvalue weighted by Gasteiger charge is -2.14. The minimum Gasteiger partial charge on any atom is -0.478 e. The van der Waals surface area contributed by atoms with E-state index < -0.39 is 23.3 Å². The number of aryl methyl sites for hydroxylation is 2. The van der Waals surface area contributed by atoms with Gasteiger partial charge in [-0.3, -0.25) is 4.98 Å². The second-order valence-corrected chi connectivity index (χ2v) is 4.68. The summed E-state index contributed by atoms with van der Waals surface area (Å²) < 4.78 is 39.2. The van der Waals surface area contributed by atoms with Crippen molar-refractivity contribution in [3.05, 3.63) is 52.7 Å². The molecule has 1 N–H and O–H groups in total. The van der Waals surface area contributed by atoms with Gasteiger partial charge in [-0.15, -0.1) is 0 Å². The zero-order valence-corrected chi connectivity index (χ0v) is 11.3. The molecule has 0 aliphatic carbocycles. The summed E-state index contributed by atoms with van der Waals surface area (Å²) >= 11 is 0. The van der Waals surface area contributed by atoms with Gasteiger partial charge in [0.15, 0.2) is 0 Å². The molecular formula is C15H12F3NO2. The molecule has 3 nitrogen and oxygen atoms in total. The van der Waals surface area contributed by atoms with Crippen LogP contribution in [-0.4, -0.2) is 16.1 Å². The van der Waals surface area contributed by atoms with Gasteiger partial charge >= 0.3 is 12.1 Å². The topological polar surface area (TPSA) is 50.2 Å². The zero-order valence-electron chi connectivity index (χ0n) is 11.3. The number of carboxylic acids is 1. The molecule has 21 heavy (non-hydrogen) atoms. The molecule has 0 saturated carbocycles. The number of nitrogens with zero attached hydrogens (tertiary/aromatic N) is 1. The third-order valence-corrected chi connectivity index (χ3v) is 3.07. The third-order valence-electron chi connectivity index (χ3n) is 3.07. The Kier molecular flexibility index (Phi) is 3.72. The second kappa shape index (κ2) is 5.20. The summed E-state index contributed by atoms with van der Waals surface area (Å²) in [7, 11) is 0. The fourth-order valence-electron chi connectivity index (χ4n) is 2.04. The van der Waals surface area contributed by atoms with Gasteiger partial charge in [-0.05, 0) is 19.9 Å². The number of hydrogen-bond donors (Lipinski definition) is 1. The Hall–Kier alpha value is -2.37. The van der Waals surface area contributed by atoms with Crippen molar-refractivity contribution in [2.24, 2.45) is 0 Å². The van der Waals surface area contributed by atoms with Crippen LogP contribution in [0.1, 0.15) is 27.2 Å². The van der Waals surface area contributed by atoms with E-state index in [2.05, 4.69) is 4.98 Å². The van der Waals surface area contributed by atoms with Crippen LogP contribution in [-0.2, 0) is 6.18 Å². The lowest BCUT2D eigenvalue weighted by Crippen LogP contribution is -2.16. The van der Waals surface area contributed by atoms with Gasteiger partial charge in [-0.25, -0.2) is 4.79 Å². The molecule has 1 aromatic carbocycles. The number of hydrogen-bond acceptors (Lipinski definition) is 2. The number of benzene rings is 1. The minimum absolute atomic E-state index is 0.102. The Labute approximate surface area is 119 Å². The van der Waals surface area contributed by atoms with E-state index in [1.165, 1.54) is 6.92 Å². The van der Waals surface area contributed by atoms with E-state index in [-0.39, 0.29) is 11.4 Å². The fraction of sp³-hybridized carbons (Fsp3) is 0.200. The predicted molar refractivity (Wildman–Crippen MR) is 71.1 cm³/mol. The molecule has 1 heterocycles. The van der Waals surface area contributed by atoms with Crippen LogP contribution in [0, 0.1) is 13.8 Å². The molecule has 0 saturated heterocycles. The van der Waals surface area contributed by atoms with Crippen molar-refractivity contribution in [1.29, 1.82) is 0 Å². The number of aromatic nitrogens is 1. The van der Waals surface area contributed by atoms with Gasteiger partial charge in [-0.2, -0.15) is 13.2 Å². The summed E-state index contributed by atoms with van der Waals surface area (Å²) in [5.74, 6) is -1.64. The van der Waals surface area contributed by atoms with Crippen LogP contribution in [0.15, 0.2) is 30.3 Å². The Morgan fingerprint density at radius 1 is 1.14 bits per heavy atom. The highest BCUT2D eigenvalue weighted by Gasteiger charge is 2.37. The maximum Gasteiger partial charge on any atom is 0.417 e. The SMILES string of the molecule is Cc1ccc(-c2cc(C(F)(F)F)c(C(=O)O)c(C)n2)cc1. The van der Waals surface area contributed by atoms with Crippen LogP contribution in [0.4, 0.5) is 13.2 Å². The predicted octanol–water partition coefficient (Wildman–Crippen LogP) is 4.08. The average molecular weight is 295 g/mol. The largest absolute Gasteiger partial charge is 0.478 e. The van der Waals surface area contributed by atoms with Crippen LogP contribution >= 0.6 is 0 Å². The normalized spacial score (nSPS) is 11.5. The Morgan fingerprint density at radius 2 is 1.71 bits per heavy atom. The summed E-state index contributed by atoms with van der Waals surface area (Å²) in [6.07, 6.45) is -4.75. The number of halogens is 3. The first-order valence-electron chi connectivity index (χ1n) is 6.09. The molecule has 0 spiro atoms. The zero-order chi connectivity index (χ0) is 15.8. The maximum absolute atomic E-state index is 13.1. The van der Waals surface area contributed by atoms with E-state index in [1.54, 1.807) is 24.3 Å². The van der Waals surface area contributed by atoms with Crippen molar-refractivity contribution < 1.29 is 23.1 Å². The highest BCUT2D eigenvalue weighted by molar-refractivity contribution is 5.91. The molecular weight excluding hydrogens is 283 g/mol. The highest BCUT2D eigenvalue weighted by Crippen LogP contribution is 2.35. The smallest absolute Gasteiger partial charge is 0.417 e. The van der Waals surface area contributed by atoms with Gasteiger partial charge in [0.25, 0.3) is 0 Å². The molecule has 0 aliphatic heterocycles. The quantitative estimate of drug-likeness (QED) is 0.908. The number of alkyl halides is 3. The van der Waals surface area contributed by atoms with Gasteiger partial charge < -0.3 is 5.11 Å². The van der Waals surface area contributed by atoms with Gasteiger partial charge in [0.2, 0.25) is 0 Å².